The first-order chi connectivity index (χ1) is 26.8. The molecule has 3 N–H and O–H groups in total. The first kappa shape index (κ1) is 53.0. The van der Waals surface area contributed by atoms with Crippen LogP contribution < -0.4 is 16.0 Å². The standard InChI is InChI=1S/C50H97N5O3/c1-45(2,3)38-42-19-16-20-43(37-42)39-57-33-17-24-51-41-49(12,13)40-50(14,15)53-25-28-55-31-29-54(30-32-55)27-23-48(10,11)22-21-44(46(4,5)6)58-35-18-34-56-36-26-52-47(7,8)9/h16,19-20,37,44,51-53H,17-18,21-36,38-41H2,1-15H3/t44-/m1/s1. The predicted molar refractivity (Wildman–Crippen MR) is 250 cm³/mol. The fourth-order valence-corrected chi connectivity index (χ4v) is 8.33. The van der Waals surface area contributed by atoms with Crippen molar-refractivity contribution in [2.45, 2.75) is 173 Å². The van der Waals surface area contributed by atoms with Crippen LogP contribution in [0.5, 0.6) is 0 Å². The third-order valence-corrected chi connectivity index (χ3v) is 11.5. The van der Waals surface area contributed by atoms with Crippen LogP contribution in [0.3, 0.4) is 0 Å². The lowest BCUT2D eigenvalue weighted by molar-refractivity contribution is -0.0369. The summed E-state index contributed by atoms with van der Waals surface area (Å²) < 4.78 is 18.3. The van der Waals surface area contributed by atoms with Crippen molar-refractivity contribution in [2.24, 2.45) is 21.7 Å². The topological polar surface area (TPSA) is 70.3 Å². The Bertz CT molecular complexity index is 1220. The molecule has 1 aromatic rings. The highest BCUT2D eigenvalue weighted by Crippen LogP contribution is 2.34. The highest BCUT2D eigenvalue weighted by Gasteiger charge is 2.30. The van der Waals surface area contributed by atoms with Crippen LogP contribution in [0.1, 0.15) is 154 Å². The van der Waals surface area contributed by atoms with E-state index in [0.717, 1.165) is 91.3 Å². The Balaban J connectivity index is 1.57. The molecule has 0 amide bonds. The number of piperazine rings is 1. The van der Waals surface area contributed by atoms with Crippen molar-refractivity contribution in [2.75, 3.05) is 91.9 Å². The molecule has 1 aliphatic rings. The van der Waals surface area contributed by atoms with Crippen molar-refractivity contribution in [3.8, 4) is 0 Å². The van der Waals surface area contributed by atoms with Crippen LogP contribution in [-0.2, 0) is 27.2 Å². The van der Waals surface area contributed by atoms with Gasteiger partial charge in [-0.2, -0.15) is 0 Å². The van der Waals surface area contributed by atoms with Crippen LogP contribution in [0, 0.1) is 21.7 Å². The molecule has 1 heterocycles. The van der Waals surface area contributed by atoms with Gasteiger partial charge in [-0.1, -0.05) is 93.5 Å². The average Bonchev–Trinajstić information content (AvgIpc) is 3.07. The zero-order valence-corrected chi connectivity index (χ0v) is 41.1. The van der Waals surface area contributed by atoms with Crippen LogP contribution >= 0.6 is 0 Å². The fourth-order valence-electron chi connectivity index (χ4n) is 8.33. The lowest BCUT2D eigenvalue weighted by Gasteiger charge is -2.39. The van der Waals surface area contributed by atoms with E-state index in [1.807, 2.05) is 0 Å². The van der Waals surface area contributed by atoms with E-state index in [0.29, 0.717) is 17.4 Å². The molecule has 0 aromatic heterocycles. The predicted octanol–water partition coefficient (Wildman–Crippen LogP) is 9.60. The molecule has 340 valence electrons. The van der Waals surface area contributed by atoms with Crippen LogP contribution in [0.15, 0.2) is 24.3 Å². The molecule has 0 saturated carbocycles. The van der Waals surface area contributed by atoms with Gasteiger partial charge in [-0.3, -0.25) is 4.90 Å². The molecular formula is C50H97N5O3. The lowest BCUT2D eigenvalue weighted by Crippen LogP contribution is -2.51. The van der Waals surface area contributed by atoms with E-state index in [9.17, 15) is 0 Å². The van der Waals surface area contributed by atoms with Crippen molar-refractivity contribution >= 4 is 0 Å². The second-order valence-electron chi connectivity index (χ2n) is 23.3. The second-order valence-corrected chi connectivity index (χ2v) is 23.3. The quantitative estimate of drug-likeness (QED) is 0.0692. The highest BCUT2D eigenvalue weighted by molar-refractivity contribution is 5.23. The van der Waals surface area contributed by atoms with Gasteiger partial charge < -0.3 is 35.1 Å². The molecule has 0 radical (unpaired) electrons. The highest BCUT2D eigenvalue weighted by atomic mass is 16.5. The van der Waals surface area contributed by atoms with Gasteiger partial charge in [-0.25, -0.2) is 0 Å². The Morgan fingerprint density at radius 3 is 1.91 bits per heavy atom. The summed E-state index contributed by atoms with van der Waals surface area (Å²) in [5.74, 6) is 0. The normalized spacial score (nSPS) is 16.3. The zero-order chi connectivity index (χ0) is 43.5. The number of nitrogens with one attached hydrogen (secondary N) is 3. The van der Waals surface area contributed by atoms with E-state index in [4.69, 9.17) is 14.2 Å². The summed E-state index contributed by atoms with van der Waals surface area (Å²) in [7, 11) is 0. The van der Waals surface area contributed by atoms with Crippen molar-refractivity contribution in [1.82, 2.24) is 25.8 Å². The molecule has 0 aliphatic carbocycles. The molecule has 2 rings (SSSR count). The number of benzene rings is 1. The summed E-state index contributed by atoms with van der Waals surface area (Å²) in [5, 5.41) is 11.1. The van der Waals surface area contributed by atoms with Crippen LogP contribution in [0.25, 0.3) is 0 Å². The van der Waals surface area contributed by atoms with E-state index in [2.05, 4.69) is 154 Å². The van der Waals surface area contributed by atoms with Crippen molar-refractivity contribution in [1.29, 1.82) is 0 Å². The van der Waals surface area contributed by atoms with E-state index in [1.165, 1.54) is 56.7 Å². The van der Waals surface area contributed by atoms with Gasteiger partial charge >= 0.3 is 0 Å². The largest absolute Gasteiger partial charge is 0.380 e. The minimum absolute atomic E-state index is 0.0956. The third kappa shape index (κ3) is 26.3. The van der Waals surface area contributed by atoms with Crippen molar-refractivity contribution in [3.05, 3.63) is 35.4 Å². The molecule has 58 heavy (non-hydrogen) atoms. The maximum Gasteiger partial charge on any atom is 0.0716 e. The maximum atomic E-state index is 6.47. The van der Waals surface area contributed by atoms with Crippen LogP contribution in [0.4, 0.5) is 0 Å². The Labute approximate surface area is 360 Å². The second kappa shape index (κ2) is 25.1. The van der Waals surface area contributed by atoms with Gasteiger partial charge in [0.05, 0.1) is 19.3 Å². The molecular weight excluding hydrogens is 719 g/mol. The maximum absolute atomic E-state index is 6.47. The molecule has 8 heteroatoms. The molecule has 1 aliphatic heterocycles. The molecule has 0 unspecified atom stereocenters. The Morgan fingerprint density at radius 1 is 0.638 bits per heavy atom. The van der Waals surface area contributed by atoms with E-state index >= 15 is 0 Å². The summed E-state index contributed by atoms with van der Waals surface area (Å²) in [5.41, 5.74) is 3.87. The minimum Gasteiger partial charge on any atom is -0.380 e. The van der Waals surface area contributed by atoms with Gasteiger partial charge in [-0.05, 0) is 125 Å². The van der Waals surface area contributed by atoms with Gasteiger partial charge in [0.15, 0.2) is 0 Å². The molecule has 0 bridgehead atoms. The summed E-state index contributed by atoms with van der Waals surface area (Å²) in [6.45, 7) is 49.6. The minimum atomic E-state index is 0.0956. The number of hydrogen-bond donors (Lipinski definition) is 3. The van der Waals surface area contributed by atoms with Gasteiger partial charge in [0.1, 0.15) is 0 Å². The molecule has 1 aromatic carbocycles. The van der Waals surface area contributed by atoms with Crippen molar-refractivity contribution < 1.29 is 14.2 Å². The monoisotopic (exact) mass is 816 g/mol. The summed E-state index contributed by atoms with van der Waals surface area (Å²) in [6.07, 6.45) is 8.03. The first-order valence-electron chi connectivity index (χ1n) is 23.3. The lowest BCUT2D eigenvalue weighted by atomic mass is 9.78. The molecule has 1 fully saturated rings. The molecule has 1 atom stereocenters. The van der Waals surface area contributed by atoms with Gasteiger partial charge in [0, 0.05) is 83.3 Å². The Hall–Kier alpha value is -1.10. The zero-order valence-electron chi connectivity index (χ0n) is 41.1. The smallest absolute Gasteiger partial charge is 0.0716 e. The Kier molecular flexibility index (Phi) is 23.0. The summed E-state index contributed by atoms with van der Waals surface area (Å²) in [4.78, 5) is 5.35. The van der Waals surface area contributed by atoms with Gasteiger partial charge in [0.2, 0.25) is 0 Å². The molecule has 1 saturated heterocycles. The number of hydrogen-bond acceptors (Lipinski definition) is 8. The molecule has 8 nitrogen and oxygen atoms in total. The number of nitrogens with zero attached hydrogens (tertiary/aromatic N) is 2. The van der Waals surface area contributed by atoms with Gasteiger partial charge in [-0.15, -0.1) is 0 Å². The van der Waals surface area contributed by atoms with Crippen LogP contribution in [-0.4, -0.2) is 119 Å². The van der Waals surface area contributed by atoms with Crippen LogP contribution in [0.2, 0.25) is 0 Å². The average molecular weight is 816 g/mol. The SMILES string of the molecule is CC(C)(C)Cc1cccc(COCCCNCC(C)(C)CC(C)(C)NCCN2CCN(CCC(C)(C)CC[C@@H](OCCCOCCNC(C)(C)C)C(C)(C)C)CC2)c1. The van der Waals surface area contributed by atoms with E-state index < -0.39 is 0 Å². The fraction of sp³-hybridized carbons (Fsp3) is 0.880. The third-order valence-electron chi connectivity index (χ3n) is 11.5. The molecule has 0 spiro atoms. The van der Waals surface area contributed by atoms with Gasteiger partial charge in [0.25, 0.3) is 0 Å². The number of ether oxygens (including phenoxy) is 3. The Morgan fingerprint density at radius 2 is 1.28 bits per heavy atom. The summed E-state index contributed by atoms with van der Waals surface area (Å²) >= 11 is 0. The summed E-state index contributed by atoms with van der Waals surface area (Å²) in [6, 6.07) is 8.89. The first-order valence-corrected chi connectivity index (χ1v) is 23.3. The van der Waals surface area contributed by atoms with E-state index in [1.54, 1.807) is 0 Å². The van der Waals surface area contributed by atoms with Crippen molar-refractivity contribution in [3.63, 3.8) is 0 Å². The number of rotatable bonds is 29. The van der Waals surface area contributed by atoms with E-state index in [-0.39, 0.29) is 28.0 Å².